The van der Waals surface area contributed by atoms with Crippen LogP contribution in [0, 0.1) is 0 Å². The minimum absolute atomic E-state index is 0.756. The molecule has 0 saturated carbocycles. The van der Waals surface area contributed by atoms with Crippen LogP contribution in [0.4, 0.5) is 0 Å². The van der Waals surface area contributed by atoms with Crippen LogP contribution in [-0.4, -0.2) is 17.4 Å². The summed E-state index contributed by atoms with van der Waals surface area (Å²) in [5, 5.41) is 2.03. The Bertz CT molecular complexity index is 856. The van der Waals surface area contributed by atoms with Crippen LogP contribution < -0.4 is 9.30 Å². The van der Waals surface area contributed by atoms with Crippen molar-refractivity contribution in [2.45, 2.75) is 18.1 Å². The van der Waals surface area contributed by atoms with E-state index in [0.29, 0.717) is 0 Å². The number of halogens is 1. The lowest BCUT2D eigenvalue weighted by atomic mass is 10.1. The zero-order chi connectivity index (χ0) is 16.5. The van der Waals surface area contributed by atoms with E-state index in [0.717, 1.165) is 28.8 Å². The first-order valence-corrected chi connectivity index (χ1v) is 9.31. The molecule has 3 aromatic rings. The van der Waals surface area contributed by atoms with Gasteiger partial charge in [0, 0.05) is 16.3 Å². The quantitative estimate of drug-likeness (QED) is 0.638. The summed E-state index contributed by atoms with van der Waals surface area (Å²) < 4.78 is 9.95. The van der Waals surface area contributed by atoms with Gasteiger partial charge in [0.05, 0.1) is 13.7 Å². The first kappa shape index (κ1) is 15.6. The Morgan fingerprint density at radius 3 is 2.54 bits per heavy atom. The van der Waals surface area contributed by atoms with Crippen molar-refractivity contribution in [2.24, 2.45) is 0 Å². The predicted molar refractivity (Wildman–Crippen MR) is 98.3 cm³/mol. The van der Waals surface area contributed by atoms with Crippen LogP contribution in [0.15, 0.2) is 59.9 Å². The number of benzene rings is 2. The van der Waals surface area contributed by atoms with Crippen molar-refractivity contribution in [2.75, 3.05) is 12.9 Å². The molecule has 1 aliphatic heterocycles. The molecule has 0 aliphatic carbocycles. The number of nitrogens with zero attached hydrogens (tertiary/aromatic N) is 2. The molecule has 5 heteroatoms. The van der Waals surface area contributed by atoms with E-state index in [1.165, 1.54) is 22.8 Å². The Morgan fingerprint density at radius 2 is 1.83 bits per heavy atom. The zero-order valence-electron chi connectivity index (χ0n) is 13.4. The van der Waals surface area contributed by atoms with Gasteiger partial charge >= 0.3 is 5.16 Å². The van der Waals surface area contributed by atoms with Crippen LogP contribution in [-0.2, 0) is 6.54 Å². The number of aryl methyl sites for hydroxylation is 1. The number of fused-ring (bicyclic) bond motifs is 1. The van der Waals surface area contributed by atoms with Crippen LogP contribution in [0.3, 0.4) is 0 Å². The smallest absolute Gasteiger partial charge is 0.323 e. The van der Waals surface area contributed by atoms with Gasteiger partial charge in [-0.3, -0.25) is 0 Å². The van der Waals surface area contributed by atoms with Crippen molar-refractivity contribution in [3.05, 3.63) is 59.8 Å². The third-order valence-electron chi connectivity index (χ3n) is 4.20. The Labute approximate surface area is 150 Å². The van der Waals surface area contributed by atoms with E-state index in [9.17, 15) is 0 Å². The van der Waals surface area contributed by atoms with E-state index < -0.39 is 0 Å². The molecular weight excluding hydrogens is 340 g/mol. The van der Waals surface area contributed by atoms with E-state index in [-0.39, 0.29) is 0 Å². The number of ether oxygens (including phenoxy) is 1. The summed E-state index contributed by atoms with van der Waals surface area (Å²) in [4.78, 5) is 0. The molecule has 1 aliphatic rings. The highest BCUT2D eigenvalue weighted by molar-refractivity contribution is 7.99. The molecule has 3 nitrogen and oxygen atoms in total. The molecule has 0 amide bonds. The molecule has 0 fully saturated rings. The molecule has 2 aromatic carbocycles. The van der Waals surface area contributed by atoms with Crippen LogP contribution in [0.2, 0.25) is 5.02 Å². The first-order chi connectivity index (χ1) is 11.8. The van der Waals surface area contributed by atoms with Gasteiger partial charge in [0.2, 0.25) is 0 Å². The molecule has 0 spiro atoms. The highest BCUT2D eigenvalue weighted by atomic mass is 35.5. The average Bonchev–Trinajstić information content (AvgIpc) is 3.02. The van der Waals surface area contributed by atoms with Crippen molar-refractivity contribution < 1.29 is 9.30 Å². The van der Waals surface area contributed by atoms with Crippen LogP contribution in [0.1, 0.15) is 6.42 Å². The second-order valence-corrected chi connectivity index (χ2v) is 7.23. The molecule has 0 unspecified atom stereocenters. The number of hydrogen-bond acceptors (Lipinski definition) is 2. The maximum absolute atomic E-state index is 6.07. The van der Waals surface area contributed by atoms with Crippen LogP contribution >= 0.6 is 23.4 Å². The first-order valence-electron chi connectivity index (χ1n) is 7.94. The van der Waals surface area contributed by atoms with Gasteiger partial charge < -0.3 is 4.74 Å². The third kappa shape index (κ3) is 2.80. The average molecular weight is 358 g/mol. The molecule has 0 radical (unpaired) electrons. The van der Waals surface area contributed by atoms with Gasteiger partial charge in [-0.05, 0) is 66.7 Å². The van der Waals surface area contributed by atoms with E-state index in [4.69, 9.17) is 16.3 Å². The van der Waals surface area contributed by atoms with E-state index in [1.807, 2.05) is 36.0 Å². The SMILES string of the molecule is COc1ccc(-c2c[n+]3c(n2-c2ccc(Cl)cc2)SCCC3)cc1. The van der Waals surface area contributed by atoms with Gasteiger partial charge in [-0.25, -0.2) is 4.57 Å². The molecule has 0 atom stereocenters. The van der Waals surface area contributed by atoms with Crippen molar-refractivity contribution >= 4 is 23.4 Å². The van der Waals surface area contributed by atoms with E-state index >= 15 is 0 Å². The second kappa shape index (κ2) is 6.54. The molecule has 4 rings (SSSR count). The molecular formula is C19H18ClN2OS+. The van der Waals surface area contributed by atoms with Crippen molar-refractivity contribution in [1.29, 1.82) is 0 Å². The fourth-order valence-corrected chi connectivity index (χ4v) is 4.23. The Balaban J connectivity index is 1.89. The monoisotopic (exact) mass is 357 g/mol. The van der Waals surface area contributed by atoms with Crippen LogP contribution in [0.25, 0.3) is 16.9 Å². The van der Waals surface area contributed by atoms with Crippen molar-refractivity contribution in [3.8, 4) is 22.7 Å². The number of hydrogen-bond donors (Lipinski definition) is 0. The van der Waals surface area contributed by atoms with Gasteiger partial charge in [0.1, 0.15) is 17.6 Å². The fraction of sp³-hybridized carbons (Fsp3) is 0.211. The van der Waals surface area contributed by atoms with Gasteiger partial charge in [0.25, 0.3) is 0 Å². The summed E-state index contributed by atoms with van der Waals surface area (Å²) in [6, 6.07) is 16.3. The van der Waals surface area contributed by atoms with Gasteiger partial charge in [0.15, 0.2) is 5.69 Å². The minimum atomic E-state index is 0.756. The second-order valence-electron chi connectivity index (χ2n) is 5.73. The maximum Gasteiger partial charge on any atom is 0.323 e. The lowest BCUT2D eigenvalue weighted by molar-refractivity contribution is -0.734. The number of thioether (sulfide) groups is 1. The third-order valence-corrected chi connectivity index (χ3v) is 5.62. The summed E-state index contributed by atoms with van der Waals surface area (Å²) in [6.07, 6.45) is 3.45. The topological polar surface area (TPSA) is 18.0 Å². The van der Waals surface area contributed by atoms with Gasteiger partial charge in [-0.1, -0.05) is 11.6 Å². The summed E-state index contributed by atoms with van der Waals surface area (Å²) in [6.45, 7) is 1.06. The maximum atomic E-state index is 6.07. The highest BCUT2D eigenvalue weighted by Crippen LogP contribution is 2.32. The largest absolute Gasteiger partial charge is 0.497 e. The highest BCUT2D eigenvalue weighted by Gasteiger charge is 2.28. The molecule has 0 bridgehead atoms. The fourth-order valence-electron chi connectivity index (χ4n) is 3.00. The van der Waals surface area contributed by atoms with Crippen molar-refractivity contribution in [1.82, 2.24) is 4.57 Å². The normalized spacial score (nSPS) is 13.6. The molecule has 0 N–H and O–H groups in total. The Morgan fingerprint density at radius 1 is 1.08 bits per heavy atom. The molecule has 24 heavy (non-hydrogen) atoms. The molecule has 1 aromatic heterocycles. The lowest BCUT2D eigenvalue weighted by Crippen LogP contribution is -2.37. The Hall–Kier alpha value is -1.91. The summed E-state index contributed by atoms with van der Waals surface area (Å²) in [5.74, 6) is 2.02. The number of aromatic nitrogens is 2. The molecule has 2 heterocycles. The zero-order valence-corrected chi connectivity index (χ0v) is 15.0. The van der Waals surface area contributed by atoms with Crippen molar-refractivity contribution in [3.63, 3.8) is 0 Å². The number of imidazole rings is 1. The number of methoxy groups -OCH3 is 1. The molecule has 0 saturated heterocycles. The standard InChI is InChI=1S/C19H18ClN2OS/c1-23-17-9-3-14(4-10-17)18-13-21-11-2-12-24-19(21)22(18)16-7-5-15(20)6-8-16/h3-10,13H,2,11-12H2,1H3/q+1. The van der Waals surface area contributed by atoms with Crippen LogP contribution in [0.5, 0.6) is 5.75 Å². The predicted octanol–water partition coefficient (Wildman–Crippen LogP) is 4.59. The summed E-state index contributed by atoms with van der Waals surface area (Å²) in [7, 11) is 1.69. The number of rotatable bonds is 3. The van der Waals surface area contributed by atoms with E-state index in [1.54, 1.807) is 7.11 Å². The van der Waals surface area contributed by atoms with Gasteiger partial charge in [-0.15, -0.1) is 0 Å². The minimum Gasteiger partial charge on any atom is -0.497 e. The summed E-state index contributed by atoms with van der Waals surface area (Å²) >= 11 is 7.98. The molecule has 122 valence electrons. The summed E-state index contributed by atoms with van der Waals surface area (Å²) in [5.41, 5.74) is 3.49. The van der Waals surface area contributed by atoms with E-state index in [2.05, 4.69) is 39.6 Å². The lowest BCUT2D eigenvalue weighted by Gasteiger charge is -2.09. The van der Waals surface area contributed by atoms with Gasteiger partial charge in [-0.2, -0.15) is 4.57 Å². The Kier molecular flexibility index (Phi) is 4.25.